The zero-order chi connectivity index (χ0) is 15.7. The summed E-state index contributed by atoms with van der Waals surface area (Å²) >= 11 is 5.77. The number of benzene rings is 1. The van der Waals surface area contributed by atoms with Crippen molar-refractivity contribution in [2.45, 2.75) is 51.9 Å². The molecule has 1 aromatic carbocycles. The molecule has 1 amide bonds. The summed E-state index contributed by atoms with van der Waals surface area (Å²) in [7, 11) is 0. The average molecular weight is 312 g/mol. The maximum absolute atomic E-state index is 11.8. The van der Waals surface area contributed by atoms with Gasteiger partial charge in [-0.25, -0.2) is 4.79 Å². The molecule has 5 heteroatoms. The summed E-state index contributed by atoms with van der Waals surface area (Å²) in [5, 5.41) is 12.1. The van der Waals surface area contributed by atoms with Crippen molar-refractivity contribution in [3.63, 3.8) is 0 Å². The van der Waals surface area contributed by atoms with Gasteiger partial charge in [0.2, 0.25) is 5.91 Å². The molecule has 0 atom stereocenters. The Morgan fingerprint density at radius 1 is 1.14 bits per heavy atom. The van der Waals surface area contributed by atoms with E-state index in [1.54, 1.807) is 6.07 Å². The van der Waals surface area contributed by atoms with Crippen molar-refractivity contribution in [2.24, 2.45) is 0 Å². The van der Waals surface area contributed by atoms with Gasteiger partial charge in [-0.05, 0) is 24.6 Å². The first-order chi connectivity index (χ1) is 10.0. The van der Waals surface area contributed by atoms with E-state index in [9.17, 15) is 9.59 Å². The lowest BCUT2D eigenvalue weighted by atomic mass is 10.1. The summed E-state index contributed by atoms with van der Waals surface area (Å²) in [6, 6.07) is 4.42. The lowest BCUT2D eigenvalue weighted by Gasteiger charge is -2.09. The molecule has 0 fully saturated rings. The van der Waals surface area contributed by atoms with E-state index < -0.39 is 5.97 Å². The minimum absolute atomic E-state index is 0.0128. The molecule has 0 saturated carbocycles. The maximum atomic E-state index is 11.8. The normalized spacial score (nSPS) is 10.4. The largest absolute Gasteiger partial charge is 0.478 e. The van der Waals surface area contributed by atoms with Gasteiger partial charge in [-0.15, -0.1) is 0 Å². The second kappa shape index (κ2) is 9.40. The molecule has 116 valence electrons. The summed E-state index contributed by atoms with van der Waals surface area (Å²) in [4.78, 5) is 22.9. The van der Waals surface area contributed by atoms with Crippen LogP contribution >= 0.6 is 11.6 Å². The van der Waals surface area contributed by atoms with E-state index in [-0.39, 0.29) is 11.5 Å². The Bertz CT molecular complexity index is 488. The third kappa shape index (κ3) is 6.63. The minimum atomic E-state index is -1.10. The first-order valence-electron chi connectivity index (χ1n) is 7.37. The van der Waals surface area contributed by atoms with Crippen molar-refractivity contribution in [3.8, 4) is 0 Å². The van der Waals surface area contributed by atoms with Crippen molar-refractivity contribution in [1.82, 2.24) is 0 Å². The molecular weight excluding hydrogens is 290 g/mol. The molecule has 4 nitrogen and oxygen atoms in total. The van der Waals surface area contributed by atoms with Crippen LogP contribution in [0, 0.1) is 0 Å². The van der Waals surface area contributed by atoms with Gasteiger partial charge in [0.05, 0.1) is 11.3 Å². The number of amides is 1. The number of unbranched alkanes of at least 4 members (excludes halogenated alkanes) is 5. The molecule has 0 aliphatic rings. The predicted octanol–water partition coefficient (Wildman–Crippen LogP) is 4.73. The molecule has 0 heterocycles. The maximum Gasteiger partial charge on any atom is 0.337 e. The van der Waals surface area contributed by atoms with Crippen LogP contribution in [0.25, 0.3) is 0 Å². The molecule has 0 saturated heterocycles. The van der Waals surface area contributed by atoms with E-state index >= 15 is 0 Å². The number of carboxylic acid groups (broad SMARTS) is 1. The quantitative estimate of drug-likeness (QED) is 0.648. The summed E-state index contributed by atoms with van der Waals surface area (Å²) in [5.74, 6) is -1.26. The van der Waals surface area contributed by atoms with Crippen molar-refractivity contribution in [2.75, 3.05) is 5.32 Å². The molecule has 21 heavy (non-hydrogen) atoms. The van der Waals surface area contributed by atoms with Crippen LogP contribution in [-0.2, 0) is 4.79 Å². The molecule has 1 rings (SSSR count). The van der Waals surface area contributed by atoms with E-state index in [1.165, 1.54) is 31.4 Å². The van der Waals surface area contributed by atoms with Crippen LogP contribution in [0.15, 0.2) is 18.2 Å². The van der Waals surface area contributed by atoms with Gasteiger partial charge in [0.25, 0.3) is 0 Å². The number of carboxylic acids is 1. The van der Waals surface area contributed by atoms with Crippen LogP contribution in [0.3, 0.4) is 0 Å². The highest BCUT2D eigenvalue weighted by atomic mass is 35.5. The molecule has 0 bridgehead atoms. The number of nitrogens with one attached hydrogen (secondary N) is 1. The molecule has 0 spiro atoms. The molecule has 2 N–H and O–H groups in total. The number of aromatic carboxylic acids is 1. The fraction of sp³-hybridized carbons (Fsp3) is 0.500. The number of hydrogen-bond donors (Lipinski definition) is 2. The summed E-state index contributed by atoms with van der Waals surface area (Å²) < 4.78 is 0. The number of carbonyl (C=O) groups excluding carboxylic acids is 1. The van der Waals surface area contributed by atoms with E-state index in [4.69, 9.17) is 16.7 Å². The van der Waals surface area contributed by atoms with Gasteiger partial charge in [-0.2, -0.15) is 0 Å². The van der Waals surface area contributed by atoms with Crippen LogP contribution in [-0.4, -0.2) is 17.0 Å². The van der Waals surface area contributed by atoms with E-state index in [2.05, 4.69) is 12.2 Å². The highest BCUT2D eigenvalue weighted by Gasteiger charge is 2.12. The summed E-state index contributed by atoms with van der Waals surface area (Å²) in [6.07, 6.45) is 7.05. The van der Waals surface area contributed by atoms with Crippen molar-refractivity contribution < 1.29 is 14.7 Å². The third-order valence-corrected chi connectivity index (χ3v) is 3.48. The number of carbonyl (C=O) groups is 2. The van der Waals surface area contributed by atoms with Gasteiger partial charge in [0, 0.05) is 11.4 Å². The van der Waals surface area contributed by atoms with Gasteiger partial charge < -0.3 is 10.4 Å². The van der Waals surface area contributed by atoms with Gasteiger partial charge >= 0.3 is 5.97 Å². The Morgan fingerprint density at radius 3 is 2.48 bits per heavy atom. The van der Waals surface area contributed by atoms with Gasteiger partial charge in [0.15, 0.2) is 0 Å². The zero-order valence-electron chi connectivity index (χ0n) is 12.3. The Morgan fingerprint density at radius 2 is 1.81 bits per heavy atom. The first-order valence-corrected chi connectivity index (χ1v) is 7.75. The van der Waals surface area contributed by atoms with Gasteiger partial charge in [-0.3, -0.25) is 4.79 Å². The van der Waals surface area contributed by atoms with E-state index in [1.807, 2.05) is 0 Å². The number of rotatable bonds is 9. The van der Waals surface area contributed by atoms with Crippen molar-refractivity contribution in [3.05, 3.63) is 28.8 Å². The molecule has 1 aromatic rings. The number of hydrogen-bond acceptors (Lipinski definition) is 2. The minimum Gasteiger partial charge on any atom is -0.478 e. The van der Waals surface area contributed by atoms with Crippen LogP contribution in [0.5, 0.6) is 0 Å². The smallest absolute Gasteiger partial charge is 0.337 e. The van der Waals surface area contributed by atoms with Crippen LogP contribution in [0.1, 0.15) is 62.2 Å². The topological polar surface area (TPSA) is 66.4 Å². The van der Waals surface area contributed by atoms with Gasteiger partial charge in [0.1, 0.15) is 0 Å². The number of halogens is 1. The molecule has 0 aromatic heterocycles. The zero-order valence-corrected chi connectivity index (χ0v) is 13.1. The van der Waals surface area contributed by atoms with E-state index in [0.29, 0.717) is 17.1 Å². The Kier molecular flexibility index (Phi) is 7.83. The summed E-state index contributed by atoms with van der Waals surface area (Å²) in [5.41, 5.74) is 0.307. The molecule has 0 aliphatic heterocycles. The average Bonchev–Trinajstić information content (AvgIpc) is 2.44. The highest BCUT2D eigenvalue weighted by Crippen LogP contribution is 2.21. The Labute approximate surface area is 130 Å². The van der Waals surface area contributed by atoms with Crippen LogP contribution in [0.2, 0.25) is 5.02 Å². The SMILES string of the molecule is CCCCCCCCC(=O)Nc1ccc(Cl)cc1C(=O)O. The van der Waals surface area contributed by atoms with Crippen molar-refractivity contribution >= 4 is 29.2 Å². The first kappa shape index (κ1) is 17.5. The lowest BCUT2D eigenvalue weighted by molar-refractivity contribution is -0.116. The van der Waals surface area contributed by atoms with Crippen LogP contribution < -0.4 is 5.32 Å². The second-order valence-corrected chi connectivity index (χ2v) is 5.50. The fourth-order valence-corrected chi connectivity index (χ4v) is 2.25. The highest BCUT2D eigenvalue weighted by molar-refractivity contribution is 6.31. The Balaban J connectivity index is 2.43. The predicted molar refractivity (Wildman–Crippen MR) is 85.0 cm³/mol. The Hall–Kier alpha value is -1.55. The second-order valence-electron chi connectivity index (χ2n) is 5.06. The third-order valence-electron chi connectivity index (χ3n) is 3.24. The standard InChI is InChI=1S/C16H22ClNO3/c1-2-3-4-5-6-7-8-15(19)18-14-10-9-12(17)11-13(14)16(20)21/h9-11H,2-8H2,1H3,(H,18,19)(H,20,21). The molecular formula is C16H22ClNO3. The summed E-state index contributed by atoms with van der Waals surface area (Å²) in [6.45, 7) is 2.17. The molecule has 0 unspecified atom stereocenters. The fourth-order valence-electron chi connectivity index (χ4n) is 2.08. The molecule has 0 aliphatic carbocycles. The van der Waals surface area contributed by atoms with Crippen molar-refractivity contribution in [1.29, 1.82) is 0 Å². The number of anilines is 1. The molecule has 0 radical (unpaired) electrons. The lowest BCUT2D eigenvalue weighted by Crippen LogP contribution is -2.14. The van der Waals surface area contributed by atoms with E-state index in [0.717, 1.165) is 19.3 Å². The monoisotopic (exact) mass is 311 g/mol. The van der Waals surface area contributed by atoms with Gasteiger partial charge in [-0.1, -0.05) is 50.6 Å². The van der Waals surface area contributed by atoms with Crippen LogP contribution in [0.4, 0.5) is 5.69 Å².